The van der Waals surface area contributed by atoms with Crippen molar-refractivity contribution < 1.29 is 9.26 Å². The molecule has 0 aromatic carbocycles. The maximum Gasteiger partial charge on any atom is 0.243 e. The van der Waals surface area contributed by atoms with Crippen LogP contribution in [0.1, 0.15) is 70.1 Å². The van der Waals surface area contributed by atoms with Crippen molar-refractivity contribution in [3.8, 4) is 0 Å². The van der Waals surface area contributed by atoms with E-state index in [1.54, 1.807) is 7.11 Å². The molecule has 1 aliphatic rings. The Hall–Kier alpha value is -0.940. The molecule has 2 rings (SSSR count). The Morgan fingerprint density at radius 2 is 2.37 bits per heavy atom. The molecule has 0 saturated heterocycles. The first-order chi connectivity index (χ1) is 9.11. The van der Waals surface area contributed by atoms with Gasteiger partial charge in [-0.3, -0.25) is 0 Å². The van der Waals surface area contributed by atoms with Crippen LogP contribution in [0.3, 0.4) is 0 Å². The summed E-state index contributed by atoms with van der Waals surface area (Å²) in [6, 6.07) is -0.166. The Morgan fingerprint density at radius 1 is 1.58 bits per heavy atom. The van der Waals surface area contributed by atoms with Gasteiger partial charge in [-0.2, -0.15) is 4.98 Å². The topological polar surface area (TPSA) is 74.2 Å². The molecule has 0 spiro atoms. The standard InChI is InChI=1S/C14H25N3O2/c1-4-6-11(15)12-16-13(17-19-12)14(18-3)8-5-7-10(2)9-14/h10-11H,4-9,15H2,1-3H3/t10?,11-,14?/m1/s1. The second kappa shape index (κ2) is 6.01. The predicted octanol–water partition coefficient (Wildman–Crippen LogP) is 2.92. The van der Waals surface area contributed by atoms with Gasteiger partial charge in [0.1, 0.15) is 5.60 Å². The molecule has 1 heterocycles. The van der Waals surface area contributed by atoms with Gasteiger partial charge in [-0.25, -0.2) is 0 Å². The molecule has 0 amide bonds. The minimum Gasteiger partial charge on any atom is -0.370 e. The smallest absolute Gasteiger partial charge is 0.243 e. The summed E-state index contributed by atoms with van der Waals surface area (Å²) in [5.41, 5.74) is 5.64. The van der Waals surface area contributed by atoms with Crippen LogP contribution in [-0.4, -0.2) is 17.3 Å². The van der Waals surface area contributed by atoms with Crippen molar-refractivity contribution in [1.82, 2.24) is 10.1 Å². The van der Waals surface area contributed by atoms with Crippen molar-refractivity contribution in [3.05, 3.63) is 11.7 Å². The van der Waals surface area contributed by atoms with Crippen molar-refractivity contribution in [3.63, 3.8) is 0 Å². The lowest BCUT2D eigenvalue weighted by Gasteiger charge is -2.36. The van der Waals surface area contributed by atoms with Gasteiger partial charge in [-0.1, -0.05) is 31.8 Å². The molecule has 2 N–H and O–H groups in total. The summed E-state index contributed by atoms with van der Waals surface area (Å²) in [7, 11) is 1.74. The van der Waals surface area contributed by atoms with Gasteiger partial charge >= 0.3 is 0 Å². The highest BCUT2D eigenvalue weighted by Crippen LogP contribution is 2.41. The molecular weight excluding hydrogens is 242 g/mol. The zero-order valence-corrected chi connectivity index (χ0v) is 12.2. The van der Waals surface area contributed by atoms with E-state index >= 15 is 0 Å². The fourth-order valence-electron chi connectivity index (χ4n) is 2.99. The van der Waals surface area contributed by atoms with E-state index in [1.807, 2.05) is 0 Å². The molecule has 5 nitrogen and oxygen atoms in total. The molecule has 1 fully saturated rings. The summed E-state index contributed by atoms with van der Waals surface area (Å²) in [5.74, 6) is 1.83. The Morgan fingerprint density at radius 3 is 3.00 bits per heavy atom. The fraction of sp³-hybridized carbons (Fsp3) is 0.857. The highest BCUT2D eigenvalue weighted by Gasteiger charge is 2.41. The number of aromatic nitrogens is 2. The summed E-state index contributed by atoms with van der Waals surface area (Å²) in [5, 5.41) is 4.13. The highest BCUT2D eigenvalue weighted by molar-refractivity contribution is 5.05. The summed E-state index contributed by atoms with van der Waals surface area (Å²) in [6.45, 7) is 4.34. The molecular formula is C14H25N3O2. The minimum absolute atomic E-state index is 0.166. The van der Waals surface area contributed by atoms with Crippen LogP contribution >= 0.6 is 0 Å². The minimum atomic E-state index is -0.384. The van der Waals surface area contributed by atoms with Crippen molar-refractivity contribution in [2.45, 2.75) is 64.0 Å². The van der Waals surface area contributed by atoms with Crippen LogP contribution in [0.15, 0.2) is 4.52 Å². The van der Waals surface area contributed by atoms with Crippen LogP contribution in [-0.2, 0) is 10.3 Å². The third-order valence-electron chi connectivity index (χ3n) is 4.11. The van der Waals surface area contributed by atoms with Crippen LogP contribution < -0.4 is 5.73 Å². The number of hydrogen-bond acceptors (Lipinski definition) is 5. The maximum absolute atomic E-state index is 6.02. The number of ether oxygens (including phenoxy) is 1. The lowest BCUT2D eigenvalue weighted by molar-refractivity contribution is -0.0658. The molecule has 0 aliphatic heterocycles. The lowest BCUT2D eigenvalue weighted by Crippen LogP contribution is -2.35. The van der Waals surface area contributed by atoms with Gasteiger partial charge in [0.15, 0.2) is 0 Å². The Balaban J connectivity index is 2.19. The SMILES string of the molecule is CCC[C@@H](N)c1nc(C2(OC)CCCC(C)C2)no1. The summed E-state index contributed by atoms with van der Waals surface area (Å²) >= 11 is 0. The number of rotatable bonds is 5. The number of hydrogen-bond donors (Lipinski definition) is 1. The average molecular weight is 267 g/mol. The first kappa shape index (κ1) is 14.5. The van der Waals surface area contributed by atoms with Crippen molar-refractivity contribution in [2.24, 2.45) is 11.7 Å². The number of nitrogens with zero attached hydrogens (tertiary/aromatic N) is 2. The van der Waals surface area contributed by atoms with E-state index in [4.69, 9.17) is 15.0 Å². The molecule has 0 radical (unpaired) electrons. The Bertz CT molecular complexity index is 407. The van der Waals surface area contributed by atoms with Crippen LogP contribution in [0.2, 0.25) is 0 Å². The van der Waals surface area contributed by atoms with E-state index in [1.165, 1.54) is 6.42 Å². The summed E-state index contributed by atoms with van der Waals surface area (Å²) < 4.78 is 11.1. The lowest BCUT2D eigenvalue weighted by atomic mass is 9.78. The van der Waals surface area contributed by atoms with Gasteiger partial charge in [-0.05, 0) is 31.6 Å². The average Bonchev–Trinajstić information content (AvgIpc) is 2.89. The Kier molecular flexibility index (Phi) is 4.58. The second-order valence-electron chi connectivity index (χ2n) is 5.75. The molecule has 3 atom stereocenters. The van der Waals surface area contributed by atoms with Crippen LogP contribution in [0.25, 0.3) is 0 Å². The van der Waals surface area contributed by atoms with Gasteiger partial charge < -0.3 is 15.0 Å². The molecule has 1 saturated carbocycles. The van der Waals surface area contributed by atoms with E-state index in [-0.39, 0.29) is 11.6 Å². The third-order valence-corrected chi connectivity index (χ3v) is 4.11. The highest BCUT2D eigenvalue weighted by atomic mass is 16.5. The van der Waals surface area contributed by atoms with E-state index in [2.05, 4.69) is 24.0 Å². The second-order valence-corrected chi connectivity index (χ2v) is 5.75. The molecule has 108 valence electrons. The fourth-order valence-corrected chi connectivity index (χ4v) is 2.99. The van der Waals surface area contributed by atoms with E-state index < -0.39 is 0 Å². The van der Waals surface area contributed by atoms with E-state index in [0.29, 0.717) is 17.6 Å². The zero-order valence-electron chi connectivity index (χ0n) is 12.2. The Labute approximate surface area is 114 Å². The molecule has 19 heavy (non-hydrogen) atoms. The third kappa shape index (κ3) is 2.98. The van der Waals surface area contributed by atoms with Gasteiger partial charge in [0.2, 0.25) is 11.7 Å². The molecule has 0 bridgehead atoms. The van der Waals surface area contributed by atoms with Crippen molar-refractivity contribution in [1.29, 1.82) is 0 Å². The van der Waals surface area contributed by atoms with Gasteiger partial charge in [0, 0.05) is 7.11 Å². The first-order valence-electron chi connectivity index (χ1n) is 7.26. The van der Waals surface area contributed by atoms with Gasteiger partial charge in [-0.15, -0.1) is 0 Å². The number of nitrogens with two attached hydrogens (primary N) is 1. The quantitative estimate of drug-likeness (QED) is 0.887. The molecule has 1 aromatic rings. The zero-order chi connectivity index (χ0) is 13.9. The molecule has 1 aromatic heterocycles. The van der Waals surface area contributed by atoms with E-state index in [9.17, 15) is 0 Å². The molecule has 5 heteroatoms. The van der Waals surface area contributed by atoms with Crippen molar-refractivity contribution in [2.75, 3.05) is 7.11 Å². The monoisotopic (exact) mass is 267 g/mol. The summed E-state index contributed by atoms with van der Waals surface area (Å²) in [4.78, 5) is 4.50. The van der Waals surface area contributed by atoms with Gasteiger partial charge in [0.25, 0.3) is 0 Å². The van der Waals surface area contributed by atoms with Gasteiger partial charge in [0.05, 0.1) is 6.04 Å². The van der Waals surface area contributed by atoms with Crippen LogP contribution in [0.4, 0.5) is 0 Å². The predicted molar refractivity (Wildman–Crippen MR) is 72.5 cm³/mol. The van der Waals surface area contributed by atoms with E-state index in [0.717, 1.165) is 32.1 Å². The normalized spacial score (nSPS) is 29.4. The molecule has 2 unspecified atom stereocenters. The van der Waals surface area contributed by atoms with Crippen LogP contribution in [0.5, 0.6) is 0 Å². The largest absolute Gasteiger partial charge is 0.370 e. The van der Waals surface area contributed by atoms with Crippen molar-refractivity contribution >= 4 is 0 Å². The maximum atomic E-state index is 6.02. The van der Waals surface area contributed by atoms with Crippen LogP contribution in [0, 0.1) is 5.92 Å². The first-order valence-corrected chi connectivity index (χ1v) is 7.26. The number of methoxy groups -OCH3 is 1. The molecule has 1 aliphatic carbocycles. The summed E-state index contributed by atoms with van der Waals surface area (Å²) in [6.07, 6.45) is 6.15.